The van der Waals surface area contributed by atoms with Crippen molar-refractivity contribution in [1.29, 1.82) is 0 Å². The molecule has 1 heterocycles. The van der Waals surface area contributed by atoms with Crippen LogP contribution in [0.5, 0.6) is 0 Å². The number of ether oxygens (including phenoxy) is 1. The van der Waals surface area contributed by atoms with Crippen LogP contribution in [0.25, 0.3) is 11.0 Å². The molecule has 0 saturated carbocycles. The quantitative estimate of drug-likeness (QED) is 0.881. The minimum Gasteiger partial charge on any atom is -0.469 e. The van der Waals surface area contributed by atoms with Crippen LogP contribution in [0.4, 0.5) is 0 Å². The number of carbonyl (C=O) groups is 2. The number of rotatable bonds is 4. The molecule has 1 aromatic carbocycles. The molecule has 106 valence electrons. The monoisotopic (exact) mass is 295 g/mol. The first kappa shape index (κ1) is 14.4. The summed E-state index contributed by atoms with van der Waals surface area (Å²) in [4.78, 5) is 23.0. The summed E-state index contributed by atoms with van der Waals surface area (Å²) < 4.78 is 10.0. The van der Waals surface area contributed by atoms with Gasteiger partial charge in [-0.2, -0.15) is 0 Å². The van der Waals surface area contributed by atoms with Crippen molar-refractivity contribution < 1.29 is 18.7 Å². The van der Waals surface area contributed by atoms with Crippen LogP contribution >= 0.6 is 11.6 Å². The minimum absolute atomic E-state index is 0.113. The molecular formula is C14H14ClNO4. The van der Waals surface area contributed by atoms with E-state index in [0.717, 1.165) is 10.9 Å². The zero-order valence-electron chi connectivity index (χ0n) is 11.2. The second kappa shape index (κ2) is 5.96. The van der Waals surface area contributed by atoms with Crippen molar-refractivity contribution in [3.05, 3.63) is 34.5 Å². The molecule has 0 atom stereocenters. The molecule has 20 heavy (non-hydrogen) atoms. The first-order valence-corrected chi connectivity index (χ1v) is 6.45. The second-order valence-electron chi connectivity index (χ2n) is 4.25. The number of hydrogen-bond acceptors (Lipinski definition) is 4. The van der Waals surface area contributed by atoms with Gasteiger partial charge in [0.05, 0.1) is 18.6 Å². The largest absolute Gasteiger partial charge is 0.469 e. The molecule has 0 radical (unpaired) electrons. The van der Waals surface area contributed by atoms with Crippen molar-refractivity contribution in [2.45, 2.75) is 13.3 Å². The highest BCUT2D eigenvalue weighted by Crippen LogP contribution is 2.30. The number of methoxy groups -OCH3 is 1. The number of fused-ring (bicyclic) bond motifs is 1. The van der Waals surface area contributed by atoms with Gasteiger partial charge in [-0.15, -0.1) is 0 Å². The van der Waals surface area contributed by atoms with Crippen molar-refractivity contribution in [3.8, 4) is 0 Å². The van der Waals surface area contributed by atoms with Crippen LogP contribution < -0.4 is 5.32 Å². The fourth-order valence-corrected chi connectivity index (χ4v) is 2.10. The predicted octanol–water partition coefficient (Wildman–Crippen LogP) is 2.69. The predicted molar refractivity (Wildman–Crippen MR) is 74.9 cm³/mol. The van der Waals surface area contributed by atoms with E-state index in [2.05, 4.69) is 10.1 Å². The van der Waals surface area contributed by atoms with E-state index < -0.39 is 0 Å². The molecular weight excluding hydrogens is 282 g/mol. The SMILES string of the molecule is COC(=O)CCNC(=O)c1oc2c(Cl)cccc2c1C. The maximum Gasteiger partial charge on any atom is 0.307 e. The molecule has 5 nitrogen and oxygen atoms in total. The van der Waals surface area contributed by atoms with Gasteiger partial charge in [0.1, 0.15) is 0 Å². The molecule has 0 bridgehead atoms. The van der Waals surface area contributed by atoms with Crippen LogP contribution in [0.15, 0.2) is 22.6 Å². The molecule has 0 spiro atoms. The van der Waals surface area contributed by atoms with E-state index >= 15 is 0 Å². The number of para-hydroxylation sites is 1. The van der Waals surface area contributed by atoms with E-state index in [0.29, 0.717) is 10.6 Å². The number of aryl methyl sites for hydroxylation is 1. The maximum atomic E-state index is 12.0. The summed E-state index contributed by atoms with van der Waals surface area (Å²) >= 11 is 6.03. The Morgan fingerprint density at radius 3 is 2.80 bits per heavy atom. The van der Waals surface area contributed by atoms with Crippen molar-refractivity contribution in [2.75, 3.05) is 13.7 Å². The molecule has 2 rings (SSSR count). The van der Waals surface area contributed by atoms with E-state index in [1.165, 1.54) is 7.11 Å². The molecule has 0 unspecified atom stereocenters. The number of amides is 1. The zero-order chi connectivity index (χ0) is 14.7. The molecule has 2 aromatic rings. The summed E-state index contributed by atoms with van der Waals surface area (Å²) in [7, 11) is 1.30. The molecule has 0 aliphatic rings. The van der Waals surface area contributed by atoms with E-state index in [4.69, 9.17) is 16.0 Å². The van der Waals surface area contributed by atoms with Crippen molar-refractivity contribution in [2.24, 2.45) is 0 Å². The lowest BCUT2D eigenvalue weighted by molar-refractivity contribution is -0.140. The van der Waals surface area contributed by atoms with Gasteiger partial charge in [0.25, 0.3) is 5.91 Å². The zero-order valence-corrected chi connectivity index (χ0v) is 11.9. The number of hydrogen-bond donors (Lipinski definition) is 1. The molecule has 0 fully saturated rings. The third kappa shape index (κ3) is 2.77. The van der Waals surface area contributed by atoms with Gasteiger partial charge in [0.15, 0.2) is 11.3 Å². The summed E-state index contributed by atoms with van der Waals surface area (Å²) in [6, 6.07) is 5.34. The summed E-state index contributed by atoms with van der Waals surface area (Å²) in [5.41, 5.74) is 1.21. The fraction of sp³-hybridized carbons (Fsp3) is 0.286. The number of benzene rings is 1. The number of esters is 1. The van der Waals surface area contributed by atoms with Crippen LogP contribution in [0.3, 0.4) is 0 Å². The topological polar surface area (TPSA) is 68.5 Å². The summed E-state index contributed by atoms with van der Waals surface area (Å²) in [6.45, 7) is 1.98. The number of carbonyl (C=O) groups excluding carboxylic acids is 2. The van der Waals surface area contributed by atoms with E-state index in [9.17, 15) is 9.59 Å². The van der Waals surface area contributed by atoms with Gasteiger partial charge in [0.2, 0.25) is 0 Å². The Labute approximate surface area is 120 Å². The molecule has 1 N–H and O–H groups in total. The average molecular weight is 296 g/mol. The highest BCUT2D eigenvalue weighted by Gasteiger charge is 2.18. The van der Waals surface area contributed by atoms with Crippen LogP contribution in [0.2, 0.25) is 5.02 Å². The Morgan fingerprint density at radius 2 is 2.15 bits per heavy atom. The maximum absolute atomic E-state index is 12.0. The lowest BCUT2D eigenvalue weighted by atomic mass is 10.1. The molecule has 0 aliphatic carbocycles. The summed E-state index contributed by atoms with van der Waals surface area (Å²) in [5.74, 6) is -0.550. The van der Waals surface area contributed by atoms with Crippen LogP contribution in [0, 0.1) is 6.92 Å². The van der Waals surface area contributed by atoms with Gasteiger partial charge in [-0.3, -0.25) is 9.59 Å². The Kier molecular flexibility index (Phi) is 4.29. The molecule has 1 amide bonds. The lowest BCUT2D eigenvalue weighted by Gasteiger charge is -2.02. The highest BCUT2D eigenvalue weighted by atomic mass is 35.5. The second-order valence-corrected chi connectivity index (χ2v) is 4.66. The van der Waals surface area contributed by atoms with Crippen molar-refractivity contribution in [1.82, 2.24) is 5.32 Å². The van der Waals surface area contributed by atoms with Gasteiger partial charge in [-0.25, -0.2) is 0 Å². The van der Waals surface area contributed by atoms with Gasteiger partial charge in [0, 0.05) is 17.5 Å². The number of halogens is 1. The van der Waals surface area contributed by atoms with Crippen LogP contribution in [0.1, 0.15) is 22.5 Å². The first-order chi connectivity index (χ1) is 9.54. The van der Waals surface area contributed by atoms with Crippen LogP contribution in [-0.2, 0) is 9.53 Å². The molecule has 0 aliphatic heterocycles. The molecule has 6 heteroatoms. The van der Waals surface area contributed by atoms with Gasteiger partial charge < -0.3 is 14.5 Å². The van der Waals surface area contributed by atoms with Crippen LogP contribution in [-0.4, -0.2) is 25.5 Å². The third-order valence-electron chi connectivity index (χ3n) is 2.96. The smallest absolute Gasteiger partial charge is 0.307 e. The first-order valence-electron chi connectivity index (χ1n) is 6.07. The van der Waals surface area contributed by atoms with Gasteiger partial charge >= 0.3 is 5.97 Å². The Hall–Kier alpha value is -2.01. The molecule has 0 saturated heterocycles. The lowest BCUT2D eigenvalue weighted by Crippen LogP contribution is -2.26. The van der Waals surface area contributed by atoms with Gasteiger partial charge in [-0.05, 0) is 13.0 Å². The Balaban J connectivity index is 2.16. The number of furan rings is 1. The third-order valence-corrected chi connectivity index (χ3v) is 3.26. The van der Waals surface area contributed by atoms with E-state index in [1.807, 2.05) is 6.07 Å². The van der Waals surface area contributed by atoms with Crippen molar-refractivity contribution >= 4 is 34.4 Å². The Morgan fingerprint density at radius 1 is 1.40 bits per heavy atom. The summed E-state index contributed by atoms with van der Waals surface area (Å²) in [6.07, 6.45) is 0.113. The van der Waals surface area contributed by atoms with E-state index in [-0.39, 0.29) is 30.6 Å². The summed E-state index contributed by atoms with van der Waals surface area (Å²) in [5, 5.41) is 3.87. The Bertz CT molecular complexity index is 662. The number of nitrogens with one attached hydrogen (secondary N) is 1. The van der Waals surface area contributed by atoms with Gasteiger partial charge in [-0.1, -0.05) is 23.7 Å². The highest BCUT2D eigenvalue weighted by molar-refractivity contribution is 6.35. The average Bonchev–Trinajstić information content (AvgIpc) is 2.78. The van der Waals surface area contributed by atoms with Crippen molar-refractivity contribution in [3.63, 3.8) is 0 Å². The minimum atomic E-state index is -0.380. The fourth-order valence-electron chi connectivity index (χ4n) is 1.89. The van der Waals surface area contributed by atoms with E-state index in [1.54, 1.807) is 19.1 Å². The normalized spacial score (nSPS) is 10.6. The molecule has 1 aromatic heterocycles. The standard InChI is InChI=1S/C14H14ClNO4/c1-8-9-4-3-5-10(15)13(9)20-12(8)14(18)16-7-6-11(17)19-2/h3-5H,6-7H2,1-2H3,(H,16,18).